The molecule has 0 aromatic heterocycles. The molecule has 27 heavy (non-hydrogen) atoms. The summed E-state index contributed by atoms with van der Waals surface area (Å²) in [5.74, 6) is 1.84. The molecule has 4 heteroatoms. The van der Waals surface area contributed by atoms with Crippen molar-refractivity contribution >= 4 is 0 Å². The quantitative estimate of drug-likeness (QED) is 0.617. The van der Waals surface area contributed by atoms with Crippen LogP contribution in [0.5, 0.6) is 17.2 Å². The molecule has 2 aromatic carbocycles. The van der Waals surface area contributed by atoms with Crippen LogP contribution in [0.3, 0.4) is 0 Å². The minimum absolute atomic E-state index is 0.214. The lowest BCUT2D eigenvalue weighted by Gasteiger charge is -2.30. The number of halogens is 1. The molecule has 1 unspecified atom stereocenters. The Morgan fingerprint density at radius 2 is 1.74 bits per heavy atom. The largest absolute Gasteiger partial charge is 0.493 e. The van der Waals surface area contributed by atoms with Crippen molar-refractivity contribution in [2.24, 2.45) is 5.92 Å². The Labute approximate surface area is 161 Å². The maximum atomic E-state index is 14.3. The van der Waals surface area contributed by atoms with E-state index in [0.29, 0.717) is 18.3 Å². The summed E-state index contributed by atoms with van der Waals surface area (Å²) in [4.78, 5) is 0. The summed E-state index contributed by atoms with van der Waals surface area (Å²) >= 11 is 0. The number of benzene rings is 2. The first-order valence-corrected chi connectivity index (χ1v) is 9.59. The van der Waals surface area contributed by atoms with Crippen LogP contribution in [0.1, 0.15) is 58.6 Å². The van der Waals surface area contributed by atoms with E-state index in [2.05, 4.69) is 27.7 Å². The van der Waals surface area contributed by atoms with Crippen molar-refractivity contribution in [3.63, 3.8) is 0 Å². The highest BCUT2D eigenvalue weighted by atomic mass is 19.1. The standard InChI is InChI=1S/C23H29FO3/c1-14(2)13-25-17-9-7-8-16(12-17)23(5,6)22-26-20-18(15(3)4)10-11-19(24)21(20)27-22/h7-12,14-15,22H,13H2,1-6H3. The van der Waals surface area contributed by atoms with Crippen LogP contribution in [0.4, 0.5) is 4.39 Å². The molecule has 146 valence electrons. The van der Waals surface area contributed by atoms with E-state index in [-0.39, 0.29) is 17.5 Å². The number of hydrogen-bond donors (Lipinski definition) is 0. The SMILES string of the molecule is CC(C)COc1cccc(C(C)(C)C2Oc3c(F)ccc(C(C)C)c3O2)c1. The average molecular weight is 372 g/mol. The number of ether oxygens (including phenoxy) is 3. The number of fused-ring (bicyclic) bond motifs is 1. The molecular formula is C23H29FO3. The molecule has 0 spiro atoms. The van der Waals surface area contributed by atoms with Gasteiger partial charge < -0.3 is 14.2 Å². The van der Waals surface area contributed by atoms with Gasteiger partial charge in [-0.05, 0) is 49.4 Å². The van der Waals surface area contributed by atoms with Gasteiger partial charge in [0.05, 0.1) is 12.0 Å². The predicted octanol–water partition coefficient (Wildman–Crippen LogP) is 6.06. The molecule has 1 aliphatic heterocycles. The van der Waals surface area contributed by atoms with Crippen LogP contribution >= 0.6 is 0 Å². The zero-order valence-corrected chi connectivity index (χ0v) is 17.0. The Kier molecular flexibility index (Phi) is 5.36. The third kappa shape index (κ3) is 3.90. The summed E-state index contributed by atoms with van der Waals surface area (Å²) in [6.07, 6.45) is -0.609. The summed E-state index contributed by atoms with van der Waals surface area (Å²) in [7, 11) is 0. The molecule has 0 saturated carbocycles. The van der Waals surface area contributed by atoms with Crippen molar-refractivity contribution in [2.75, 3.05) is 6.61 Å². The lowest BCUT2D eigenvalue weighted by Crippen LogP contribution is -2.40. The van der Waals surface area contributed by atoms with Gasteiger partial charge >= 0.3 is 0 Å². The van der Waals surface area contributed by atoms with Crippen LogP contribution in [0, 0.1) is 11.7 Å². The molecule has 0 aliphatic carbocycles. The van der Waals surface area contributed by atoms with E-state index in [9.17, 15) is 4.39 Å². The van der Waals surface area contributed by atoms with Crippen molar-refractivity contribution in [3.05, 3.63) is 53.3 Å². The van der Waals surface area contributed by atoms with Gasteiger partial charge in [-0.1, -0.05) is 45.9 Å². The Morgan fingerprint density at radius 3 is 2.41 bits per heavy atom. The highest BCUT2D eigenvalue weighted by Gasteiger charge is 2.42. The van der Waals surface area contributed by atoms with Crippen molar-refractivity contribution < 1.29 is 18.6 Å². The first-order chi connectivity index (χ1) is 12.7. The predicted molar refractivity (Wildman–Crippen MR) is 105 cm³/mol. The Morgan fingerprint density at radius 1 is 1.04 bits per heavy atom. The summed E-state index contributed by atoms with van der Waals surface area (Å²) in [5, 5.41) is 0. The lowest BCUT2D eigenvalue weighted by atomic mass is 9.84. The normalized spacial score (nSPS) is 16.3. The highest BCUT2D eigenvalue weighted by molar-refractivity contribution is 5.51. The van der Waals surface area contributed by atoms with E-state index in [1.807, 2.05) is 38.1 Å². The van der Waals surface area contributed by atoms with Gasteiger partial charge in [0, 0.05) is 5.56 Å². The molecular weight excluding hydrogens is 343 g/mol. The maximum Gasteiger partial charge on any atom is 0.250 e. The van der Waals surface area contributed by atoms with Gasteiger partial charge in [0.2, 0.25) is 5.75 Å². The molecule has 0 saturated heterocycles. The third-order valence-electron chi connectivity index (χ3n) is 4.92. The fourth-order valence-electron chi connectivity index (χ4n) is 3.16. The topological polar surface area (TPSA) is 27.7 Å². The Balaban J connectivity index is 1.87. The number of hydrogen-bond acceptors (Lipinski definition) is 3. The summed E-state index contributed by atoms with van der Waals surface area (Å²) < 4.78 is 32.3. The number of rotatable bonds is 6. The van der Waals surface area contributed by atoms with Gasteiger partial charge in [0.1, 0.15) is 5.75 Å². The summed E-state index contributed by atoms with van der Waals surface area (Å²) in [5.41, 5.74) is 1.49. The van der Waals surface area contributed by atoms with Crippen LogP contribution in [-0.4, -0.2) is 12.9 Å². The second-order valence-electron chi connectivity index (χ2n) is 8.47. The van der Waals surface area contributed by atoms with Gasteiger partial charge in [-0.15, -0.1) is 0 Å². The first kappa shape index (κ1) is 19.5. The minimum Gasteiger partial charge on any atom is -0.493 e. The second kappa shape index (κ2) is 7.41. The van der Waals surface area contributed by atoms with Crippen LogP contribution in [-0.2, 0) is 5.41 Å². The van der Waals surface area contributed by atoms with Gasteiger partial charge in [-0.25, -0.2) is 4.39 Å². The van der Waals surface area contributed by atoms with Crippen LogP contribution in [0.2, 0.25) is 0 Å². The molecule has 3 rings (SSSR count). The summed E-state index contributed by atoms with van der Waals surface area (Å²) in [6, 6.07) is 11.2. The average Bonchev–Trinajstić information content (AvgIpc) is 3.07. The zero-order valence-electron chi connectivity index (χ0n) is 17.0. The molecule has 2 aromatic rings. The fraction of sp³-hybridized carbons (Fsp3) is 0.478. The van der Waals surface area contributed by atoms with Crippen molar-refractivity contribution in [3.8, 4) is 17.2 Å². The van der Waals surface area contributed by atoms with E-state index < -0.39 is 11.7 Å². The van der Waals surface area contributed by atoms with Gasteiger partial charge in [-0.3, -0.25) is 0 Å². The molecule has 0 radical (unpaired) electrons. The molecule has 0 amide bonds. The third-order valence-corrected chi connectivity index (χ3v) is 4.92. The second-order valence-corrected chi connectivity index (χ2v) is 8.47. The van der Waals surface area contributed by atoms with Gasteiger partial charge in [0.25, 0.3) is 6.29 Å². The van der Waals surface area contributed by atoms with E-state index >= 15 is 0 Å². The van der Waals surface area contributed by atoms with Crippen molar-refractivity contribution in [1.29, 1.82) is 0 Å². The van der Waals surface area contributed by atoms with E-state index in [1.165, 1.54) is 6.07 Å². The fourth-order valence-corrected chi connectivity index (χ4v) is 3.16. The molecule has 0 fully saturated rings. The summed E-state index contributed by atoms with van der Waals surface area (Å²) in [6.45, 7) is 13.1. The Bertz CT molecular complexity index is 811. The zero-order chi connectivity index (χ0) is 19.8. The molecule has 1 heterocycles. The minimum atomic E-state index is -0.609. The van der Waals surface area contributed by atoms with E-state index in [0.717, 1.165) is 16.9 Å². The van der Waals surface area contributed by atoms with Crippen LogP contribution in [0.15, 0.2) is 36.4 Å². The van der Waals surface area contributed by atoms with Crippen molar-refractivity contribution in [2.45, 2.75) is 59.2 Å². The molecule has 0 bridgehead atoms. The first-order valence-electron chi connectivity index (χ1n) is 9.59. The van der Waals surface area contributed by atoms with Gasteiger partial charge in [0.15, 0.2) is 11.6 Å². The van der Waals surface area contributed by atoms with E-state index in [4.69, 9.17) is 14.2 Å². The molecule has 1 atom stereocenters. The molecule has 3 nitrogen and oxygen atoms in total. The maximum absolute atomic E-state index is 14.3. The molecule has 1 aliphatic rings. The smallest absolute Gasteiger partial charge is 0.250 e. The highest BCUT2D eigenvalue weighted by Crippen LogP contribution is 2.47. The lowest BCUT2D eigenvalue weighted by molar-refractivity contribution is -0.0123. The monoisotopic (exact) mass is 372 g/mol. The van der Waals surface area contributed by atoms with Crippen LogP contribution in [0.25, 0.3) is 0 Å². The van der Waals surface area contributed by atoms with Crippen molar-refractivity contribution in [1.82, 2.24) is 0 Å². The molecule has 0 N–H and O–H groups in total. The Hall–Kier alpha value is -2.23. The van der Waals surface area contributed by atoms with Crippen LogP contribution < -0.4 is 14.2 Å². The van der Waals surface area contributed by atoms with E-state index in [1.54, 1.807) is 6.07 Å². The van der Waals surface area contributed by atoms with Gasteiger partial charge in [-0.2, -0.15) is 0 Å².